The first-order valence-electron chi connectivity index (χ1n) is 7.94. The number of hydrogen-bond acceptors (Lipinski definition) is 7. The van der Waals surface area contributed by atoms with Crippen LogP contribution < -0.4 is 16.0 Å². The van der Waals surface area contributed by atoms with Gasteiger partial charge in [-0.1, -0.05) is 42.4 Å². The number of nitrogens with zero attached hydrogens (tertiary/aromatic N) is 2. The number of anilines is 1. The van der Waals surface area contributed by atoms with Crippen molar-refractivity contribution in [1.29, 1.82) is 0 Å². The monoisotopic (exact) mass is 357 g/mol. The maximum absolute atomic E-state index is 12.1. The molecule has 128 valence electrons. The van der Waals surface area contributed by atoms with Crippen LogP contribution in [0.4, 0.5) is 9.93 Å². The summed E-state index contributed by atoms with van der Waals surface area (Å²) in [6.45, 7) is 4.51. The fraction of sp³-hybridized carbons (Fsp3) is 0.714. The van der Waals surface area contributed by atoms with Crippen molar-refractivity contribution in [3.8, 4) is 0 Å². The molecule has 0 aromatic carbocycles. The third-order valence-corrected chi connectivity index (χ3v) is 5.62. The summed E-state index contributed by atoms with van der Waals surface area (Å²) in [7, 11) is 0. The summed E-state index contributed by atoms with van der Waals surface area (Å²) in [6, 6.07) is -0.217. The Morgan fingerprint density at radius 3 is 2.74 bits per heavy atom. The largest absolute Gasteiger partial charge is 0.360 e. The maximum Gasteiger partial charge on any atom is 0.321 e. The summed E-state index contributed by atoms with van der Waals surface area (Å²) in [5, 5.41) is 16.7. The van der Waals surface area contributed by atoms with E-state index in [-0.39, 0.29) is 11.9 Å². The lowest BCUT2D eigenvalue weighted by Gasteiger charge is -2.22. The molecular weight excluding hydrogens is 334 g/mol. The summed E-state index contributed by atoms with van der Waals surface area (Å²) in [5.41, 5.74) is 0. The zero-order valence-corrected chi connectivity index (χ0v) is 15.1. The number of carbonyl (C=O) groups excluding carboxylic acids is 2. The molecule has 0 saturated heterocycles. The van der Waals surface area contributed by atoms with Gasteiger partial charge in [-0.15, -0.1) is 10.2 Å². The average molecular weight is 358 g/mol. The number of nitrogens with one attached hydrogen (secondary N) is 3. The topological polar surface area (TPSA) is 96.0 Å². The van der Waals surface area contributed by atoms with E-state index in [1.165, 1.54) is 29.5 Å². The number of aromatic nitrogens is 2. The Kier molecular flexibility index (Phi) is 7.10. The second-order valence-corrected chi connectivity index (χ2v) is 8.03. The molecule has 1 fully saturated rings. The molecule has 0 spiro atoms. The SMILES string of the molecule is CCNc1nnc(SC(C)C(=O)NC(=O)NC2CCCCC2)s1. The molecule has 0 radical (unpaired) electrons. The molecule has 2 rings (SSSR count). The molecule has 7 nitrogen and oxygen atoms in total. The van der Waals surface area contributed by atoms with Gasteiger partial charge in [0.05, 0.1) is 5.25 Å². The van der Waals surface area contributed by atoms with Gasteiger partial charge in [0, 0.05) is 12.6 Å². The predicted octanol–water partition coefficient (Wildman–Crippen LogP) is 2.61. The first-order valence-corrected chi connectivity index (χ1v) is 9.63. The normalized spacial score (nSPS) is 16.6. The van der Waals surface area contributed by atoms with E-state index in [1.54, 1.807) is 6.92 Å². The van der Waals surface area contributed by atoms with Crippen LogP contribution in [-0.2, 0) is 4.79 Å². The van der Waals surface area contributed by atoms with E-state index < -0.39 is 11.3 Å². The van der Waals surface area contributed by atoms with Crippen molar-refractivity contribution in [3.05, 3.63) is 0 Å². The highest BCUT2D eigenvalue weighted by atomic mass is 32.2. The van der Waals surface area contributed by atoms with Crippen molar-refractivity contribution in [2.75, 3.05) is 11.9 Å². The van der Waals surface area contributed by atoms with E-state index in [0.29, 0.717) is 4.34 Å². The van der Waals surface area contributed by atoms with Crippen molar-refractivity contribution in [1.82, 2.24) is 20.8 Å². The zero-order valence-electron chi connectivity index (χ0n) is 13.4. The second-order valence-electron chi connectivity index (χ2n) is 5.46. The summed E-state index contributed by atoms with van der Waals surface area (Å²) < 4.78 is 0.705. The number of thioether (sulfide) groups is 1. The highest BCUT2D eigenvalue weighted by Gasteiger charge is 2.21. The minimum absolute atomic E-state index is 0.186. The van der Waals surface area contributed by atoms with E-state index in [2.05, 4.69) is 26.1 Å². The zero-order chi connectivity index (χ0) is 16.7. The van der Waals surface area contributed by atoms with E-state index in [4.69, 9.17) is 0 Å². The highest BCUT2D eigenvalue weighted by Crippen LogP contribution is 2.28. The molecule has 3 N–H and O–H groups in total. The van der Waals surface area contributed by atoms with Crippen molar-refractivity contribution >= 4 is 40.2 Å². The first kappa shape index (κ1) is 18.0. The van der Waals surface area contributed by atoms with Crippen LogP contribution in [0.5, 0.6) is 0 Å². The quantitative estimate of drug-likeness (QED) is 0.677. The fourth-order valence-electron chi connectivity index (χ4n) is 2.37. The minimum Gasteiger partial charge on any atom is -0.360 e. The highest BCUT2D eigenvalue weighted by molar-refractivity contribution is 8.02. The molecule has 1 aromatic rings. The summed E-state index contributed by atoms with van der Waals surface area (Å²) in [6.07, 6.45) is 5.48. The van der Waals surface area contributed by atoms with E-state index >= 15 is 0 Å². The third kappa shape index (κ3) is 5.98. The van der Waals surface area contributed by atoms with E-state index in [9.17, 15) is 9.59 Å². The van der Waals surface area contributed by atoms with Gasteiger partial charge in [-0.05, 0) is 26.7 Å². The Bertz CT molecular complexity index is 531. The molecule has 1 aliphatic carbocycles. The van der Waals surface area contributed by atoms with Crippen LogP contribution in [0.15, 0.2) is 4.34 Å². The Labute approximate surface area is 144 Å². The van der Waals surface area contributed by atoms with E-state index in [1.807, 2.05) is 6.92 Å². The Hall–Kier alpha value is -1.35. The lowest BCUT2D eigenvalue weighted by molar-refractivity contribution is -0.119. The molecule has 1 aromatic heterocycles. The molecule has 1 heterocycles. The Morgan fingerprint density at radius 1 is 1.30 bits per heavy atom. The predicted molar refractivity (Wildman–Crippen MR) is 92.9 cm³/mol. The first-order chi connectivity index (χ1) is 11.1. The van der Waals surface area contributed by atoms with Crippen molar-refractivity contribution in [2.24, 2.45) is 0 Å². The van der Waals surface area contributed by atoms with E-state index in [0.717, 1.165) is 37.4 Å². The number of rotatable bonds is 6. The van der Waals surface area contributed by atoms with Gasteiger partial charge < -0.3 is 10.6 Å². The van der Waals surface area contributed by atoms with Crippen molar-refractivity contribution < 1.29 is 9.59 Å². The summed E-state index contributed by atoms with van der Waals surface area (Å²) in [5.74, 6) is -0.316. The lowest BCUT2D eigenvalue weighted by Crippen LogP contribution is -2.47. The van der Waals surface area contributed by atoms with Gasteiger partial charge in [0.1, 0.15) is 0 Å². The van der Waals surface area contributed by atoms with Crippen LogP contribution in [-0.4, -0.2) is 40.0 Å². The molecule has 1 atom stereocenters. The molecular formula is C14H23N5O2S2. The van der Waals surface area contributed by atoms with Gasteiger partial charge in [-0.3, -0.25) is 10.1 Å². The third-order valence-electron chi connectivity index (χ3n) is 3.56. The molecule has 9 heteroatoms. The van der Waals surface area contributed by atoms with Crippen LogP contribution in [0.1, 0.15) is 46.0 Å². The van der Waals surface area contributed by atoms with Crippen molar-refractivity contribution in [2.45, 2.75) is 61.6 Å². The summed E-state index contributed by atoms with van der Waals surface area (Å²) >= 11 is 2.70. The van der Waals surface area contributed by atoms with Crippen LogP contribution in [0.2, 0.25) is 0 Å². The molecule has 3 amide bonds. The average Bonchev–Trinajstić information content (AvgIpc) is 2.95. The van der Waals surface area contributed by atoms with Crippen LogP contribution in [0, 0.1) is 0 Å². The number of hydrogen-bond donors (Lipinski definition) is 3. The Balaban J connectivity index is 1.75. The molecule has 23 heavy (non-hydrogen) atoms. The Morgan fingerprint density at radius 2 is 2.04 bits per heavy atom. The number of amides is 3. The summed E-state index contributed by atoms with van der Waals surface area (Å²) in [4.78, 5) is 24.0. The van der Waals surface area contributed by atoms with Gasteiger partial charge in [-0.2, -0.15) is 0 Å². The molecule has 1 aliphatic rings. The molecule has 0 aliphatic heterocycles. The van der Waals surface area contributed by atoms with Crippen molar-refractivity contribution in [3.63, 3.8) is 0 Å². The number of urea groups is 1. The van der Waals surface area contributed by atoms with Crippen LogP contribution in [0.3, 0.4) is 0 Å². The fourth-order valence-corrected chi connectivity index (χ4v) is 4.33. The smallest absolute Gasteiger partial charge is 0.321 e. The van der Waals surface area contributed by atoms with Crippen LogP contribution in [0.25, 0.3) is 0 Å². The second kappa shape index (κ2) is 9.07. The van der Waals surface area contributed by atoms with Gasteiger partial charge in [-0.25, -0.2) is 4.79 Å². The van der Waals surface area contributed by atoms with Crippen LogP contribution >= 0.6 is 23.1 Å². The number of carbonyl (C=O) groups is 2. The maximum atomic E-state index is 12.1. The standard InChI is InChI=1S/C14H23N5O2S2/c1-3-15-13-18-19-14(23-13)22-9(2)11(20)17-12(21)16-10-7-5-4-6-8-10/h9-10H,3-8H2,1-2H3,(H,15,18)(H2,16,17,20,21). The lowest BCUT2D eigenvalue weighted by atomic mass is 9.96. The molecule has 0 bridgehead atoms. The van der Waals surface area contributed by atoms with Gasteiger partial charge in [0.15, 0.2) is 4.34 Å². The van der Waals surface area contributed by atoms with Gasteiger partial charge in [0.25, 0.3) is 0 Å². The van der Waals surface area contributed by atoms with Gasteiger partial charge in [0.2, 0.25) is 11.0 Å². The molecule has 1 saturated carbocycles. The molecule has 1 unspecified atom stereocenters. The minimum atomic E-state index is -0.408. The van der Waals surface area contributed by atoms with Gasteiger partial charge >= 0.3 is 6.03 Å². The number of imide groups is 1.